The minimum atomic E-state index is -0.958. The summed E-state index contributed by atoms with van der Waals surface area (Å²) in [7, 11) is 0. The number of nitriles is 1. The number of anilines is 1. The number of aromatic amines is 1. The molecular weight excluding hydrogens is 254 g/mol. The number of nitrogens with zero attached hydrogens (tertiary/aromatic N) is 2. The number of hydrogen-bond acceptors (Lipinski definition) is 2. The number of hydrogen-bond donors (Lipinski definition) is 2. The Morgan fingerprint density at radius 3 is 2.85 bits per heavy atom. The van der Waals surface area contributed by atoms with Gasteiger partial charge in [0, 0.05) is 28.8 Å². The van der Waals surface area contributed by atoms with E-state index in [0.29, 0.717) is 18.7 Å². The van der Waals surface area contributed by atoms with Crippen LogP contribution < -0.4 is 4.90 Å². The Hall–Kier alpha value is -2.48. The summed E-state index contributed by atoms with van der Waals surface area (Å²) in [5, 5.41) is 19.1. The van der Waals surface area contributed by atoms with E-state index >= 15 is 0 Å². The van der Waals surface area contributed by atoms with Crippen LogP contribution in [0.1, 0.15) is 24.6 Å². The molecule has 20 heavy (non-hydrogen) atoms. The van der Waals surface area contributed by atoms with Crippen LogP contribution in [0.4, 0.5) is 10.5 Å². The number of carbonyl (C=O) groups is 1. The maximum Gasteiger partial charge on any atom is 0.411 e. The van der Waals surface area contributed by atoms with Gasteiger partial charge in [0.25, 0.3) is 0 Å². The topological polar surface area (TPSA) is 80.1 Å². The van der Waals surface area contributed by atoms with E-state index in [-0.39, 0.29) is 0 Å². The smallest absolute Gasteiger partial charge is 0.411 e. The highest BCUT2D eigenvalue weighted by atomic mass is 16.4. The fourth-order valence-corrected chi connectivity index (χ4v) is 2.40. The molecule has 1 aromatic heterocycles. The number of benzene rings is 1. The van der Waals surface area contributed by atoms with Crippen molar-refractivity contribution in [1.29, 1.82) is 5.26 Å². The molecule has 0 aliphatic heterocycles. The normalized spacial score (nSPS) is 10.4. The van der Waals surface area contributed by atoms with Gasteiger partial charge in [-0.3, -0.25) is 4.90 Å². The highest BCUT2D eigenvalue weighted by Gasteiger charge is 2.15. The molecule has 104 valence electrons. The number of amides is 1. The van der Waals surface area contributed by atoms with Crippen LogP contribution >= 0.6 is 0 Å². The van der Waals surface area contributed by atoms with E-state index in [2.05, 4.69) is 11.1 Å². The minimum Gasteiger partial charge on any atom is -0.465 e. The van der Waals surface area contributed by atoms with Crippen molar-refractivity contribution in [2.24, 2.45) is 0 Å². The summed E-state index contributed by atoms with van der Waals surface area (Å²) < 4.78 is 0. The van der Waals surface area contributed by atoms with Gasteiger partial charge in [-0.05, 0) is 37.1 Å². The van der Waals surface area contributed by atoms with Gasteiger partial charge in [-0.2, -0.15) is 5.26 Å². The minimum absolute atomic E-state index is 0.316. The predicted octanol–water partition coefficient (Wildman–Crippen LogP) is 3.44. The van der Waals surface area contributed by atoms with E-state index in [1.807, 2.05) is 26.0 Å². The van der Waals surface area contributed by atoms with Crippen molar-refractivity contribution in [3.8, 4) is 6.07 Å². The Kier molecular flexibility index (Phi) is 3.94. The molecule has 2 N–H and O–H groups in total. The van der Waals surface area contributed by atoms with Gasteiger partial charge in [0.15, 0.2) is 0 Å². The van der Waals surface area contributed by atoms with Gasteiger partial charge in [0.05, 0.1) is 12.5 Å². The summed E-state index contributed by atoms with van der Waals surface area (Å²) in [6.45, 7) is 4.32. The molecule has 0 saturated carbocycles. The van der Waals surface area contributed by atoms with Gasteiger partial charge in [0.2, 0.25) is 0 Å². The highest BCUT2D eigenvalue weighted by molar-refractivity contribution is 5.93. The van der Waals surface area contributed by atoms with Crippen molar-refractivity contribution >= 4 is 22.7 Å². The van der Waals surface area contributed by atoms with Crippen molar-refractivity contribution in [1.82, 2.24) is 4.98 Å². The number of aryl methyl sites for hydroxylation is 1. The SMILES string of the molecule is CCCN(C(=O)O)c1ccc2[nH]c(C)c(CC#N)c2c1. The second-order valence-corrected chi connectivity index (χ2v) is 4.73. The first-order chi connectivity index (χ1) is 9.58. The lowest BCUT2D eigenvalue weighted by Crippen LogP contribution is -2.29. The Bertz CT molecular complexity index is 682. The fourth-order valence-electron chi connectivity index (χ4n) is 2.40. The van der Waals surface area contributed by atoms with E-state index in [4.69, 9.17) is 5.26 Å². The average Bonchev–Trinajstić information content (AvgIpc) is 2.72. The van der Waals surface area contributed by atoms with E-state index in [9.17, 15) is 9.90 Å². The van der Waals surface area contributed by atoms with Crippen molar-refractivity contribution in [2.45, 2.75) is 26.7 Å². The van der Waals surface area contributed by atoms with Crippen LogP contribution in [0.5, 0.6) is 0 Å². The molecule has 2 rings (SSSR count). The molecule has 5 nitrogen and oxygen atoms in total. The van der Waals surface area contributed by atoms with E-state index in [1.165, 1.54) is 4.90 Å². The predicted molar refractivity (Wildman–Crippen MR) is 78.0 cm³/mol. The van der Waals surface area contributed by atoms with Crippen molar-refractivity contribution in [2.75, 3.05) is 11.4 Å². The van der Waals surface area contributed by atoms with E-state index in [0.717, 1.165) is 28.6 Å². The van der Waals surface area contributed by atoms with Crippen LogP contribution in [0.2, 0.25) is 0 Å². The van der Waals surface area contributed by atoms with Crippen molar-refractivity contribution in [3.63, 3.8) is 0 Å². The Morgan fingerprint density at radius 1 is 1.50 bits per heavy atom. The Morgan fingerprint density at radius 2 is 2.25 bits per heavy atom. The van der Waals surface area contributed by atoms with Crippen molar-refractivity contribution in [3.05, 3.63) is 29.5 Å². The standard InChI is InChI=1S/C15H17N3O2/c1-3-8-18(15(19)20)11-4-5-14-13(9-11)12(6-7-16)10(2)17-14/h4-5,9,17H,3,6,8H2,1-2H3,(H,19,20). The summed E-state index contributed by atoms with van der Waals surface area (Å²) in [4.78, 5) is 15.9. The Balaban J connectivity index is 2.54. The van der Waals surface area contributed by atoms with Gasteiger partial charge in [-0.15, -0.1) is 0 Å². The van der Waals surface area contributed by atoms with Gasteiger partial charge < -0.3 is 10.1 Å². The van der Waals surface area contributed by atoms with Crippen LogP contribution in [0.25, 0.3) is 10.9 Å². The quantitative estimate of drug-likeness (QED) is 0.893. The number of carboxylic acid groups (broad SMARTS) is 1. The monoisotopic (exact) mass is 271 g/mol. The second-order valence-electron chi connectivity index (χ2n) is 4.73. The van der Waals surface area contributed by atoms with Crippen LogP contribution in [0.15, 0.2) is 18.2 Å². The largest absolute Gasteiger partial charge is 0.465 e. The number of rotatable bonds is 4. The first-order valence-corrected chi connectivity index (χ1v) is 6.57. The van der Waals surface area contributed by atoms with Gasteiger partial charge in [-0.1, -0.05) is 6.92 Å². The van der Waals surface area contributed by atoms with E-state index < -0.39 is 6.09 Å². The first-order valence-electron chi connectivity index (χ1n) is 6.57. The van der Waals surface area contributed by atoms with Crippen LogP contribution in [0.3, 0.4) is 0 Å². The van der Waals surface area contributed by atoms with Gasteiger partial charge >= 0.3 is 6.09 Å². The molecule has 5 heteroatoms. The zero-order valence-corrected chi connectivity index (χ0v) is 11.6. The van der Waals surface area contributed by atoms with E-state index in [1.54, 1.807) is 6.07 Å². The molecule has 1 heterocycles. The molecule has 0 radical (unpaired) electrons. The lowest BCUT2D eigenvalue weighted by Gasteiger charge is -2.18. The number of fused-ring (bicyclic) bond motifs is 1. The summed E-state index contributed by atoms with van der Waals surface area (Å²) in [5.74, 6) is 0. The molecule has 2 aromatic rings. The summed E-state index contributed by atoms with van der Waals surface area (Å²) in [5.41, 5.74) is 3.46. The molecule has 0 bridgehead atoms. The zero-order valence-electron chi connectivity index (χ0n) is 11.6. The average molecular weight is 271 g/mol. The lowest BCUT2D eigenvalue weighted by atomic mass is 10.1. The molecule has 0 aliphatic rings. The third-order valence-corrected chi connectivity index (χ3v) is 3.35. The fraction of sp³-hybridized carbons (Fsp3) is 0.333. The summed E-state index contributed by atoms with van der Waals surface area (Å²) >= 11 is 0. The molecule has 0 saturated heterocycles. The molecule has 0 unspecified atom stereocenters. The molecule has 0 aliphatic carbocycles. The summed E-state index contributed by atoms with van der Waals surface area (Å²) in [6.07, 6.45) is 0.109. The third kappa shape index (κ3) is 2.45. The van der Waals surface area contributed by atoms with Gasteiger partial charge in [-0.25, -0.2) is 4.79 Å². The molecule has 1 amide bonds. The molecule has 1 aromatic carbocycles. The lowest BCUT2D eigenvalue weighted by molar-refractivity contribution is 0.202. The molecule has 0 fully saturated rings. The highest BCUT2D eigenvalue weighted by Crippen LogP contribution is 2.27. The summed E-state index contributed by atoms with van der Waals surface area (Å²) in [6, 6.07) is 7.65. The maximum atomic E-state index is 11.3. The Labute approximate surface area is 117 Å². The van der Waals surface area contributed by atoms with Crippen LogP contribution in [-0.2, 0) is 6.42 Å². The second kappa shape index (κ2) is 5.66. The zero-order chi connectivity index (χ0) is 14.7. The van der Waals surface area contributed by atoms with Crippen LogP contribution in [-0.4, -0.2) is 22.7 Å². The first kappa shape index (κ1) is 13.9. The van der Waals surface area contributed by atoms with Crippen LogP contribution in [0, 0.1) is 18.3 Å². The third-order valence-electron chi connectivity index (χ3n) is 3.35. The molecular formula is C15H17N3O2. The molecule has 0 spiro atoms. The number of nitrogens with one attached hydrogen (secondary N) is 1. The number of H-pyrrole nitrogens is 1. The number of aromatic nitrogens is 1. The van der Waals surface area contributed by atoms with Crippen molar-refractivity contribution < 1.29 is 9.90 Å². The maximum absolute atomic E-state index is 11.3. The van der Waals surface area contributed by atoms with Gasteiger partial charge in [0.1, 0.15) is 0 Å². The molecule has 0 atom stereocenters.